The van der Waals surface area contributed by atoms with Gasteiger partial charge in [-0.15, -0.1) is 0 Å². The Kier molecular flexibility index (Phi) is 2.74. The van der Waals surface area contributed by atoms with E-state index in [1.807, 2.05) is 6.92 Å². The lowest BCUT2D eigenvalue weighted by molar-refractivity contribution is -0.125. The zero-order valence-electron chi connectivity index (χ0n) is 8.70. The smallest absolute Gasteiger partial charge is 0.237 e. The van der Waals surface area contributed by atoms with Crippen LogP contribution in [0.15, 0.2) is 0 Å². The van der Waals surface area contributed by atoms with Crippen LogP contribution in [0.25, 0.3) is 0 Å². The van der Waals surface area contributed by atoms with Crippen molar-refractivity contribution < 1.29 is 4.79 Å². The number of carbonyl (C=O) groups is 1. The molecule has 1 heterocycles. The molecule has 4 heteroatoms. The molecule has 14 heavy (non-hydrogen) atoms. The first-order valence-corrected chi connectivity index (χ1v) is 5.47. The predicted octanol–water partition coefficient (Wildman–Crippen LogP) is -0.313. The molecule has 2 fully saturated rings. The second-order valence-corrected chi connectivity index (χ2v) is 4.50. The Labute approximate surface area is 84.8 Å². The highest BCUT2D eigenvalue weighted by molar-refractivity contribution is 5.81. The van der Waals surface area contributed by atoms with Gasteiger partial charge in [-0.3, -0.25) is 9.69 Å². The van der Waals surface area contributed by atoms with Gasteiger partial charge >= 0.3 is 0 Å². The molecule has 0 aromatic heterocycles. The SMILES string of the molecule is CC(C(=O)NC1CC1)N1CCC(N)C1. The van der Waals surface area contributed by atoms with Gasteiger partial charge in [0, 0.05) is 25.2 Å². The molecule has 1 aliphatic heterocycles. The third-order valence-corrected chi connectivity index (χ3v) is 3.11. The van der Waals surface area contributed by atoms with Gasteiger partial charge in [0.25, 0.3) is 0 Å². The van der Waals surface area contributed by atoms with E-state index in [2.05, 4.69) is 10.2 Å². The molecular formula is C10H19N3O. The fourth-order valence-corrected chi connectivity index (χ4v) is 1.88. The monoisotopic (exact) mass is 197 g/mol. The summed E-state index contributed by atoms with van der Waals surface area (Å²) in [6, 6.07) is 0.705. The maximum absolute atomic E-state index is 11.7. The first-order valence-electron chi connectivity index (χ1n) is 5.47. The molecule has 0 aromatic carbocycles. The third-order valence-electron chi connectivity index (χ3n) is 3.11. The van der Waals surface area contributed by atoms with Gasteiger partial charge in [-0.2, -0.15) is 0 Å². The highest BCUT2D eigenvalue weighted by atomic mass is 16.2. The number of nitrogens with one attached hydrogen (secondary N) is 1. The lowest BCUT2D eigenvalue weighted by atomic mass is 10.2. The van der Waals surface area contributed by atoms with Gasteiger partial charge in [0.2, 0.25) is 5.91 Å². The fourth-order valence-electron chi connectivity index (χ4n) is 1.88. The molecule has 4 nitrogen and oxygen atoms in total. The molecule has 2 unspecified atom stereocenters. The molecule has 0 radical (unpaired) electrons. The zero-order chi connectivity index (χ0) is 10.1. The first-order chi connectivity index (χ1) is 6.66. The van der Waals surface area contributed by atoms with E-state index in [1.54, 1.807) is 0 Å². The molecule has 0 aromatic rings. The number of nitrogens with zero attached hydrogens (tertiary/aromatic N) is 1. The molecule has 1 saturated heterocycles. The Morgan fingerprint density at radius 3 is 2.71 bits per heavy atom. The van der Waals surface area contributed by atoms with Crippen molar-refractivity contribution in [3.05, 3.63) is 0 Å². The zero-order valence-corrected chi connectivity index (χ0v) is 8.70. The minimum absolute atomic E-state index is 0.0100. The summed E-state index contributed by atoms with van der Waals surface area (Å²) in [7, 11) is 0. The van der Waals surface area contributed by atoms with Crippen molar-refractivity contribution in [2.45, 2.75) is 44.3 Å². The van der Waals surface area contributed by atoms with Crippen molar-refractivity contribution >= 4 is 5.91 Å². The quantitative estimate of drug-likeness (QED) is 0.652. The van der Waals surface area contributed by atoms with Crippen LogP contribution in [0.4, 0.5) is 0 Å². The Morgan fingerprint density at radius 2 is 2.21 bits per heavy atom. The summed E-state index contributed by atoms with van der Waals surface area (Å²) in [4.78, 5) is 13.9. The van der Waals surface area contributed by atoms with Gasteiger partial charge in [0.05, 0.1) is 6.04 Å². The average Bonchev–Trinajstić information content (AvgIpc) is 2.85. The van der Waals surface area contributed by atoms with Crippen molar-refractivity contribution in [3.8, 4) is 0 Å². The summed E-state index contributed by atoms with van der Waals surface area (Å²) >= 11 is 0. The van der Waals surface area contributed by atoms with Crippen LogP contribution in [-0.2, 0) is 4.79 Å². The molecule has 80 valence electrons. The maximum Gasteiger partial charge on any atom is 0.237 e. The van der Waals surface area contributed by atoms with Crippen LogP contribution >= 0.6 is 0 Å². The molecule has 2 aliphatic rings. The van der Waals surface area contributed by atoms with Crippen molar-refractivity contribution in [3.63, 3.8) is 0 Å². The lowest BCUT2D eigenvalue weighted by Gasteiger charge is -2.22. The van der Waals surface area contributed by atoms with Crippen LogP contribution in [0, 0.1) is 0 Å². The van der Waals surface area contributed by atoms with Crippen LogP contribution in [-0.4, -0.2) is 42.0 Å². The molecule has 3 N–H and O–H groups in total. The third kappa shape index (κ3) is 2.25. The van der Waals surface area contributed by atoms with E-state index in [0.29, 0.717) is 6.04 Å². The van der Waals surface area contributed by atoms with Gasteiger partial charge in [-0.05, 0) is 26.2 Å². The molecule has 0 spiro atoms. The number of likely N-dealkylation sites (tertiary alicyclic amines) is 1. The molecule has 1 saturated carbocycles. The van der Waals surface area contributed by atoms with Gasteiger partial charge in [0.1, 0.15) is 0 Å². The van der Waals surface area contributed by atoms with Crippen LogP contribution < -0.4 is 11.1 Å². The average molecular weight is 197 g/mol. The summed E-state index contributed by atoms with van der Waals surface area (Å²) in [5, 5.41) is 3.02. The summed E-state index contributed by atoms with van der Waals surface area (Å²) in [6.45, 7) is 3.79. The highest BCUT2D eigenvalue weighted by Gasteiger charge is 2.31. The number of nitrogens with two attached hydrogens (primary N) is 1. The Bertz CT molecular complexity index is 227. The largest absolute Gasteiger partial charge is 0.352 e. The summed E-state index contributed by atoms with van der Waals surface area (Å²) in [6.07, 6.45) is 3.32. The van der Waals surface area contributed by atoms with E-state index in [0.717, 1.165) is 32.4 Å². The predicted molar refractivity (Wildman–Crippen MR) is 54.8 cm³/mol. The van der Waals surface area contributed by atoms with E-state index in [-0.39, 0.29) is 18.0 Å². The maximum atomic E-state index is 11.7. The van der Waals surface area contributed by atoms with E-state index in [1.165, 1.54) is 0 Å². The van der Waals surface area contributed by atoms with Crippen LogP contribution in [0.2, 0.25) is 0 Å². The van der Waals surface area contributed by atoms with E-state index in [4.69, 9.17) is 5.73 Å². The van der Waals surface area contributed by atoms with Crippen molar-refractivity contribution in [2.24, 2.45) is 5.73 Å². The van der Waals surface area contributed by atoms with Gasteiger partial charge < -0.3 is 11.1 Å². The summed E-state index contributed by atoms with van der Waals surface area (Å²) < 4.78 is 0. The number of rotatable bonds is 3. The fraction of sp³-hybridized carbons (Fsp3) is 0.900. The minimum Gasteiger partial charge on any atom is -0.352 e. The van der Waals surface area contributed by atoms with E-state index in [9.17, 15) is 4.79 Å². The Hall–Kier alpha value is -0.610. The summed E-state index contributed by atoms with van der Waals surface area (Å²) in [5.74, 6) is 0.168. The molecule has 2 atom stereocenters. The molecule has 1 aliphatic carbocycles. The number of carbonyl (C=O) groups excluding carboxylic acids is 1. The van der Waals surface area contributed by atoms with E-state index >= 15 is 0 Å². The Morgan fingerprint density at radius 1 is 1.50 bits per heavy atom. The van der Waals surface area contributed by atoms with Crippen molar-refractivity contribution in [2.75, 3.05) is 13.1 Å². The van der Waals surface area contributed by atoms with Gasteiger partial charge in [-0.1, -0.05) is 0 Å². The molecule has 1 amide bonds. The second-order valence-electron chi connectivity index (χ2n) is 4.50. The van der Waals surface area contributed by atoms with Crippen molar-refractivity contribution in [1.82, 2.24) is 10.2 Å². The summed E-state index contributed by atoms with van der Waals surface area (Å²) in [5.41, 5.74) is 5.80. The highest BCUT2D eigenvalue weighted by Crippen LogP contribution is 2.19. The normalized spacial score (nSPS) is 30.3. The number of hydrogen-bond donors (Lipinski definition) is 2. The minimum atomic E-state index is -0.0100. The molecular weight excluding hydrogens is 178 g/mol. The lowest BCUT2D eigenvalue weighted by Crippen LogP contribution is -2.45. The van der Waals surface area contributed by atoms with Crippen LogP contribution in [0.3, 0.4) is 0 Å². The molecule has 2 rings (SSSR count). The van der Waals surface area contributed by atoms with Gasteiger partial charge in [0.15, 0.2) is 0 Å². The number of hydrogen-bond acceptors (Lipinski definition) is 3. The van der Waals surface area contributed by atoms with Crippen molar-refractivity contribution in [1.29, 1.82) is 0 Å². The topological polar surface area (TPSA) is 58.4 Å². The first kappa shape index (κ1) is 9.93. The van der Waals surface area contributed by atoms with Gasteiger partial charge in [-0.25, -0.2) is 0 Å². The number of amides is 1. The standard InChI is InChI=1S/C10H19N3O/c1-7(10(14)12-9-2-3-9)13-5-4-8(11)6-13/h7-9H,2-6,11H2,1H3,(H,12,14). The second kappa shape index (κ2) is 3.87. The van der Waals surface area contributed by atoms with Crippen LogP contribution in [0.5, 0.6) is 0 Å². The Balaban J connectivity index is 1.80. The van der Waals surface area contributed by atoms with Crippen LogP contribution in [0.1, 0.15) is 26.2 Å². The van der Waals surface area contributed by atoms with E-state index < -0.39 is 0 Å². The molecule has 0 bridgehead atoms.